The zero-order valence-electron chi connectivity index (χ0n) is 7.69. The lowest BCUT2D eigenvalue weighted by molar-refractivity contribution is -0.140. The molecule has 1 aromatic rings. The lowest BCUT2D eigenvalue weighted by Gasteiger charge is -2.00. The summed E-state index contributed by atoms with van der Waals surface area (Å²) in [6.45, 7) is 0. The molecule has 0 radical (unpaired) electrons. The SMILES string of the molecule is COc1ccc(C2=NOC(=O)C2)cc1. The summed E-state index contributed by atoms with van der Waals surface area (Å²) in [5.41, 5.74) is 1.55. The van der Waals surface area contributed by atoms with Gasteiger partial charge in [-0.25, -0.2) is 4.79 Å². The fraction of sp³-hybridized carbons (Fsp3) is 0.200. The van der Waals surface area contributed by atoms with Gasteiger partial charge in [0.2, 0.25) is 0 Å². The molecule has 4 heteroatoms. The van der Waals surface area contributed by atoms with Crippen LogP contribution in [0.2, 0.25) is 0 Å². The normalized spacial score (nSPS) is 14.9. The van der Waals surface area contributed by atoms with Crippen LogP contribution in [-0.2, 0) is 9.63 Å². The first-order chi connectivity index (χ1) is 6.79. The van der Waals surface area contributed by atoms with Crippen molar-refractivity contribution in [3.05, 3.63) is 29.8 Å². The number of hydrogen-bond donors (Lipinski definition) is 0. The lowest BCUT2D eigenvalue weighted by Crippen LogP contribution is -2.00. The first kappa shape index (κ1) is 8.74. The Labute approximate surface area is 81.1 Å². The molecule has 1 aliphatic heterocycles. The first-order valence-corrected chi connectivity index (χ1v) is 4.21. The van der Waals surface area contributed by atoms with Gasteiger partial charge in [0, 0.05) is 5.56 Å². The fourth-order valence-corrected chi connectivity index (χ4v) is 1.25. The van der Waals surface area contributed by atoms with Crippen molar-refractivity contribution in [2.45, 2.75) is 6.42 Å². The van der Waals surface area contributed by atoms with Crippen molar-refractivity contribution in [2.75, 3.05) is 7.11 Å². The summed E-state index contributed by atoms with van der Waals surface area (Å²) in [4.78, 5) is 15.3. The third kappa shape index (κ3) is 1.59. The zero-order valence-corrected chi connectivity index (χ0v) is 7.69. The maximum atomic E-state index is 10.8. The Morgan fingerprint density at radius 3 is 2.57 bits per heavy atom. The van der Waals surface area contributed by atoms with Crippen LogP contribution >= 0.6 is 0 Å². The third-order valence-corrected chi connectivity index (χ3v) is 1.99. The van der Waals surface area contributed by atoms with E-state index < -0.39 is 0 Å². The number of benzene rings is 1. The highest BCUT2D eigenvalue weighted by molar-refractivity contribution is 6.11. The van der Waals surface area contributed by atoms with E-state index in [1.165, 1.54) is 0 Å². The van der Waals surface area contributed by atoms with Crippen molar-refractivity contribution in [3.8, 4) is 5.75 Å². The Morgan fingerprint density at radius 1 is 1.36 bits per heavy atom. The predicted molar refractivity (Wildman–Crippen MR) is 50.2 cm³/mol. The van der Waals surface area contributed by atoms with Crippen LogP contribution in [-0.4, -0.2) is 18.8 Å². The lowest BCUT2D eigenvalue weighted by atomic mass is 10.1. The summed E-state index contributed by atoms with van der Waals surface area (Å²) >= 11 is 0. The van der Waals surface area contributed by atoms with Gasteiger partial charge >= 0.3 is 5.97 Å². The highest BCUT2D eigenvalue weighted by Crippen LogP contribution is 2.16. The van der Waals surface area contributed by atoms with E-state index in [0.717, 1.165) is 11.3 Å². The van der Waals surface area contributed by atoms with Gasteiger partial charge in [-0.1, -0.05) is 5.16 Å². The summed E-state index contributed by atoms with van der Waals surface area (Å²) in [7, 11) is 1.61. The molecule has 2 rings (SSSR count). The number of hydrogen-bond acceptors (Lipinski definition) is 4. The number of carbonyl (C=O) groups excluding carboxylic acids is 1. The molecule has 0 aliphatic carbocycles. The second-order valence-electron chi connectivity index (χ2n) is 2.91. The van der Waals surface area contributed by atoms with Crippen molar-refractivity contribution < 1.29 is 14.4 Å². The minimum atomic E-state index is -0.309. The van der Waals surface area contributed by atoms with Crippen LogP contribution in [0, 0.1) is 0 Å². The van der Waals surface area contributed by atoms with Crippen molar-refractivity contribution in [2.24, 2.45) is 5.16 Å². The Balaban J connectivity index is 2.21. The molecule has 0 fully saturated rings. The van der Waals surface area contributed by atoms with Crippen molar-refractivity contribution in [1.82, 2.24) is 0 Å². The monoisotopic (exact) mass is 191 g/mol. The van der Waals surface area contributed by atoms with Crippen LogP contribution in [0.3, 0.4) is 0 Å². The van der Waals surface area contributed by atoms with E-state index >= 15 is 0 Å². The number of rotatable bonds is 2. The minimum absolute atomic E-state index is 0.242. The van der Waals surface area contributed by atoms with Crippen LogP contribution in [0.1, 0.15) is 12.0 Å². The number of ether oxygens (including phenoxy) is 1. The molecule has 0 amide bonds. The van der Waals surface area contributed by atoms with E-state index in [1.807, 2.05) is 24.3 Å². The number of oxime groups is 1. The molecule has 0 aromatic heterocycles. The van der Waals surface area contributed by atoms with Gasteiger partial charge in [-0.2, -0.15) is 0 Å². The molecule has 14 heavy (non-hydrogen) atoms. The molecule has 0 N–H and O–H groups in total. The maximum Gasteiger partial charge on any atom is 0.341 e. The van der Waals surface area contributed by atoms with Crippen LogP contribution < -0.4 is 4.74 Å². The second kappa shape index (κ2) is 3.49. The van der Waals surface area contributed by atoms with Crippen LogP contribution in [0.5, 0.6) is 5.75 Å². The second-order valence-corrected chi connectivity index (χ2v) is 2.91. The third-order valence-electron chi connectivity index (χ3n) is 1.99. The Bertz CT molecular complexity index is 381. The van der Waals surface area contributed by atoms with Gasteiger partial charge in [-0.05, 0) is 24.3 Å². The average Bonchev–Trinajstić information content (AvgIpc) is 2.65. The molecule has 1 heterocycles. The van der Waals surface area contributed by atoms with Crippen molar-refractivity contribution in [1.29, 1.82) is 0 Å². The van der Waals surface area contributed by atoms with Crippen LogP contribution in [0.25, 0.3) is 0 Å². The van der Waals surface area contributed by atoms with Gasteiger partial charge in [0.25, 0.3) is 0 Å². The minimum Gasteiger partial charge on any atom is -0.497 e. The molecule has 0 atom stereocenters. The molecule has 1 aliphatic rings. The molecule has 0 saturated heterocycles. The van der Waals surface area contributed by atoms with Crippen molar-refractivity contribution in [3.63, 3.8) is 0 Å². The van der Waals surface area contributed by atoms with Crippen LogP contribution in [0.4, 0.5) is 0 Å². The van der Waals surface area contributed by atoms with Gasteiger partial charge in [0.05, 0.1) is 19.2 Å². The summed E-state index contributed by atoms with van der Waals surface area (Å²) in [6.07, 6.45) is 0.242. The largest absolute Gasteiger partial charge is 0.497 e. The summed E-state index contributed by atoms with van der Waals surface area (Å²) in [5, 5.41) is 3.67. The fourth-order valence-electron chi connectivity index (χ4n) is 1.25. The molecule has 72 valence electrons. The van der Waals surface area contributed by atoms with Gasteiger partial charge in [-0.15, -0.1) is 0 Å². The van der Waals surface area contributed by atoms with Crippen LogP contribution in [0.15, 0.2) is 29.4 Å². The highest BCUT2D eigenvalue weighted by Gasteiger charge is 2.18. The molecule has 0 unspecified atom stereocenters. The Hall–Kier alpha value is -1.84. The molecule has 4 nitrogen and oxygen atoms in total. The highest BCUT2D eigenvalue weighted by atomic mass is 16.7. The van der Waals surface area contributed by atoms with E-state index in [-0.39, 0.29) is 12.4 Å². The molecule has 0 saturated carbocycles. The van der Waals surface area contributed by atoms with E-state index in [1.54, 1.807) is 7.11 Å². The topological polar surface area (TPSA) is 47.9 Å². The standard InChI is InChI=1S/C10H9NO3/c1-13-8-4-2-7(3-5-8)9-6-10(12)14-11-9/h2-5H,6H2,1H3. The molecule has 0 bridgehead atoms. The average molecular weight is 191 g/mol. The maximum absolute atomic E-state index is 10.8. The van der Waals surface area contributed by atoms with E-state index in [2.05, 4.69) is 9.99 Å². The number of methoxy groups -OCH3 is 1. The van der Waals surface area contributed by atoms with Gasteiger partial charge in [0.1, 0.15) is 5.75 Å². The quantitative estimate of drug-likeness (QED) is 0.663. The van der Waals surface area contributed by atoms with E-state index in [9.17, 15) is 4.79 Å². The molecule has 1 aromatic carbocycles. The Morgan fingerprint density at radius 2 is 2.07 bits per heavy atom. The van der Waals surface area contributed by atoms with Gasteiger partial charge in [-0.3, -0.25) is 0 Å². The smallest absolute Gasteiger partial charge is 0.341 e. The summed E-state index contributed by atoms with van der Waals surface area (Å²) in [6, 6.07) is 7.33. The number of nitrogens with zero attached hydrogens (tertiary/aromatic N) is 1. The summed E-state index contributed by atoms with van der Waals surface area (Å²) in [5.74, 6) is 0.468. The van der Waals surface area contributed by atoms with Crippen molar-refractivity contribution >= 4 is 11.7 Å². The molecular weight excluding hydrogens is 182 g/mol. The van der Waals surface area contributed by atoms with E-state index in [0.29, 0.717) is 5.71 Å². The Kier molecular flexibility index (Phi) is 2.18. The predicted octanol–water partition coefficient (Wildman–Crippen LogP) is 1.35. The molecular formula is C10H9NO3. The zero-order chi connectivity index (χ0) is 9.97. The molecule has 0 spiro atoms. The number of carbonyl (C=O) groups is 1. The van der Waals surface area contributed by atoms with Gasteiger partial charge < -0.3 is 9.57 Å². The van der Waals surface area contributed by atoms with Gasteiger partial charge in [0.15, 0.2) is 0 Å². The first-order valence-electron chi connectivity index (χ1n) is 4.21. The van der Waals surface area contributed by atoms with E-state index in [4.69, 9.17) is 4.74 Å². The summed E-state index contributed by atoms with van der Waals surface area (Å²) < 4.78 is 5.01.